The number of carbonyl (C=O) groups excluding carboxylic acids is 1. The Kier molecular flexibility index (Phi) is 5.98. The number of aliphatic carboxylic acids is 2. The molecule has 1 amide bonds. The molecule has 1 saturated carbocycles. The fraction of sp³-hybridized carbons (Fsp3) is 0.364. The van der Waals surface area contributed by atoms with Gasteiger partial charge in [-0.05, 0) is 29.3 Å². The third-order valence-corrected chi connectivity index (χ3v) is 6.67. The van der Waals surface area contributed by atoms with Crippen molar-refractivity contribution in [2.75, 3.05) is 11.1 Å². The first-order valence-corrected chi connectivity index (χ1v) is 11.4. The van der Waals surface area contributed by atoms with Crippen LogP contribution in [0.2, 0.25) is 5.28 Å². The molecule has 2 aromatic heterocycles. The van der Waals surface area contributed by atoms with Crippen LogP contribution in [0.5, 0.6) is 0 Å². The molecule has 0 radical (unpaired) electrons. The minimum atomic E-state index is -2.88. The van der Waals surface area contributed by atoms with Crippen molar-refractivity contribution < 1.29 is 43.6 Å². The van der Waals surface area contributed by atoms with Gasteiger partial charge in [0.1, 0.15) is 17.7 Å². The zero-order chi connectivity index (χ0) is 27.6. The van der Waals surface area contributed by atoms with E-state index < -0.39 is 54.2 Å². The zero-order valence-corrected chi connectivity index (χ0v) is 20.2. The molecular formula is C22H20ClFN6O8. The van der Waals surface area contributed by atoms with Gasteiger partial charge in [0.2, 0.25) is 11.2 Å². The van der Waals surface area contributed by atoms with Crippen LogP contribution in [0, 0.1) is 0 Å². The minimum Gasteiger partial charge on any atom is -0.479 e. The number of ether oxygens (including phenoxy) is 2. The van der Waals surface area contributed by atoms with Crippen LogP contribution in [0.1, 0.15) is 18.7 Å². The van der Waals surface area contributed by atoms with Crippen molar-refractivity contribution in [3.05, 3.63) is 41.4 Å². The molecule has 2 aliphatic rings. The summed E-state index contributed by atoms with van der Waals surface area (Å²) in [6.45, 7) is 1.30. The van der Waals surface area contributed by atoms with Crippen molar-refractivity contribution >= 4 is 52.1 Å². The van der Waals surface area contributed by atoms with Gasteiger partial charge in [0.05, 0.1) is 6.33 Å². The van der Waals surface area contributed by atoms with Crippen LogP contribution in [-0.2, 0) is 30.3 Å². The second kappa shape index (κ2) is 8.83. The lowest BCUT2D eigenvalue weighted by Gasteiger charge is -2.28. The summed E-state index contributed by atoms with van der Waals surface area (Å²) >= 11 is 5.84. The van der Waals surface area contributed by atoms with Crippen LogP contribution in [-0.4, -0.2) is 82.3 Å². The number of alkyl halides is 1. The summed E-state index contributed by atoms with van der Waals surface area (Å²) in [5.74, 6) is -4.12. The van der Waals surface area contributed by atoms with Gasteiger partial charge in [0.25, 0.3) is 5.60 Å². The van der Waals surface area contributed by atoms with Crippen molar-refractivity contribution in [3.63, 3.8) is 0 Å². The number of halogens is 2. The largest absolute Gasteiger partial charge is 0.479 e. The number of aliphatic hydroxyl groups is 1. The lowest BCUT2D eigenvalue weighted by molar-refractivity contribution is -0.194. The molecule has 3 aromatic rings. The van der Waals surface area contributed by atoms with Gasteiger partial charge in [-0.1, -0.05) is 12.1 Å². The maximum Gasteiger partial charge on any atom is 0.348 e. The number of anilines is 2. The van der Waals surface area contributed by atoms with E-state index in [1.54, 1.807) is 0 Å². The van der Waals surface area contributed by atoms with Crippen molar-refractivity contribution in [3.8, 4) is 0 Å². The molecule has 38 heavy (non-hydrogen) atoms. The molecule has 5 rings (SSSR count). The molecule has 0 spiro atoms. The van der Waals surface area contributed by atoms with E-state index >= 15 is 4.39 Å². The summed E-state index contributed by atoms with van der Waals surface area (Å²) in [7, 11) is 0. The molecule has 16 heteroatoms. The minimum absolute atomic E-state index is 0.0330. The van der Waals surface area contributed by atoms with Crippen LogP contribution < -0.4 is 11.1 Å². The van der Waals surface area contributed by atoms with Gasteiger partial charge >= 0.3 is 11.9 Å². The van der Waals surface area contributed by atoms with Crippen LogP contribution in [0.15, 0.2) is 30.6 Å². The highest BCUT2D eigenvalue weighted by Crippen LogP contribution is 2.58. The number of rotatable bonds is 8. The maximum absolute atomic E-state index is 15.6. The monoisotopic (exact) mass is 550 g/mol. The Balaban J connectivity index is 1.38. The first-order valence-electron chi connectivity index (χ1n) is 11.1. The molecule has 1 aliphatic carbocycles. The Morgan fingerprint density at radius 2 is 1.92 bits per heavy atom. The average molecular weight is 551 g/mol. The predicted octanol–water partition coefficient (Wildman–Crippen LogP) is 0.536. The van der Waals surface area contributed by atoms with E-state index in [2.05, 4.69) is 20.3 Å². The molecule has 14 nitrogen and oxygen atoms in total. The van der Waals surface area contributed by atoms with E-state index in [1.807, 2.05) is 0 Å². The number of carbonyl (C=O) groups is 3. The predicted molar refractivity (Wildman–Crippen MR) is 126 cm³/mol. The number of nitrogen functional groups attached to an aromatic ring is 1. The van der Waals surface area contributed by atoms with Crippen LogP contribution in [0.25, 0.3) is 11.2 Å². The van der Waals surface area contributed by atoms with Crippen molar-refractivity contribution in [2.24, 2.45) is 0 Å². The van der Waals surface area contributed by atoms with E-state index in [9.17, 15) is 29.7 Å². The number of nitrogens with two attached hydrogens (primary N) is 1. The maximum atomic E-state index is 15.6. The standard InChI is InChI=1S/C22H20ClFN6O8/c1-8(31)27-10-4-2-9(3-5-10)6-21(18(32)33,19(34)35)38-14-13-22(14,36)12(24)17(37-13)30-7-26-11-15(25)28-20(23)29-16(11)30/h2-5,7,12-14,17,36H,6H2,1H3,(H,27,31)(H,32,33)(H,34,35)(H2,25,28,29)/t12-,13-,14?,17-,22+/m1/s1. The molecule has 1 aromatic carbocycles. The summed E-state index contributed by atoms with van der Waals surface area (Å²) in [5.41, 5.74) is 1.32. The number of aromatic nitrogens is 4. The second-order valence-corrected chi connectivity index (χ2v) is 9.31. The SMILES string of the molecule is CC(=O)Nc1ccc(CC(OC2[C@H]3O[C@@H](n4cnc5c(N)nc(Cl)nc54)[C@@H](F)[C@@]23O)(C(=O)O)C(=O)O)cc1. The number of hydrogen-bond acceptors (Lipinski definition) is 10. The Morgan fingerprint density at radius 1 is 1.26 bits per heavy atom. The normalized spacial score (nSPS) is 26.2. The first-order chi connectivity index (χ1) is 17.9. The molecule has 6 N–H and O–H groups in total. The topological polar surface area (TPSA) is 212 Å². The Hall–Kier alpha value is -3.92. The molecule has 0 bridgehead atoms. The summed E-state index contributed by atoms with van der Waals surface area (Å²) in [5, 5.41) is 33.0. The molecule has 5 atom stereocenters. The number of carboxylic acid groups (broad SMARTS) is 2. The first kappa shape index (κ1) is 25.7. The summed E-state index contributed by atoms with van der Waals surface area (Å²) in [6, 6.07) is 5.72. The molecule has 200 valence electrons. The highest BCUT2D eigenvalue weighted by Gasteiger charge is 2.80. The highest BCUT2D eigenvalue weighted by molar-refractivity contribution is 6.28. The fourth-order valence-electron chi connectivity index (χ4n) is 4.53. The third-order valence-electron chi connectivity index (χ3n) is 6.50. The fourth-order valence-corrected chi connectivity index (χ4v) is 4.70. The number of nitrogens with zero attached hydrogens (tertiary/aromatic N) is 4. The molecule has 2 fully saturated rings. The van der Waals surface area contributed by atoms with Crippen molar-refractivity contribution in [1.29, 1.82) is 0 Å². The summed E-state index contributed by atoms with van der Waals surface area (Å²) < 4.78 is 27.7. The third kappa shape index (κ3) is 3.91. The molecule has 1 aliphatic heterocycles. The van der Waals surface area contributed by atoms with Gasteiger partial charge in [-0.2, -0.15) is 9.97 Å². The Labute approximate surface area is 217 Å². The smallest absolute Gasteiger partial charge is 0.348 e. The zero-order valence-electron chi connectivity index (χ0n) is 19.4. The molecular weight excluding hydrogens is 531 g/mol. The van der Waals surface area contributed by atoms with Crippen molar-refractivity contribution in [2.45, 2.75) is 49.2 Å². The summed E-state index contributed by atoms with van der Waals surface area (Å²) in [4.78, 5) is 47.3. The van der Waals surface area contributed by atoms with Crippen LogP contribution >= 0.6 is 11.6 Å². The molecule has 3 heterocycles. The lowest BCUT2D eigenvalue weighted by atomic mass is 9.94. The van der Waals surface area contributed by atoms with E-state index in [1.165, 1.54) is 31.2 Å². The van der Waals surface area contributed by atoms with Gasteiger partial charge in [-0.15, -0.1) is 0 Å². The van der Waals surface area contributed by atoms with Crippen LogP contribution in [0.3, 0.4) is 0 Å². The van der Waals surface area contributed by atoms with Gasteiger partial charge in [0, 0.05) is 19.0 Å². The number of carboxylic acids is 2. The van der Waals surface area contributed by atoms with E-state index in [-0.39, 0.29) is 33.7 Å². The van der Waals surface area contributed by atoms with Crippen molar-refractivity contribution in [1.82, 2.24) is 19.5 Å². The van der Waals surface area contributed by atoms with Gasteiger partial charge < -0.3 is 35.8 Å². The van der Waals surface area contributed by atoms with Gasteiger partial charge in [0.15, 0.2) is 29.5 Å². The summed E-state index contributed by atoms with van der Waals surface area (Å²) in [6.07, 6.45) is -6.17. The molecule has 1 unspecified atom stereocenters. The van der Waals surface area contributed by atoms with Crippen LogP contribution in [0.4, 0.5) is 15.9 Å². The number of hydrogen-bond donors (Lipinski definition) is 5. The van der Waals surface area contributed by atoms with E-state index in [0.717, 1.165) is 10.9 Å². The lowest BCUT2D eigenvalue weighted by Crippen LogP contribution is -2.53. The highest BCUT2D eigenvalue weighted by atomic mass is 35.5. The van der Waals surface area contributed by atoms with Gasteiger partial charge in [-0.25, -0.2) is 19.0 Å². The number of fused-ring (bicyclic) bond motifs is 2. The second-order valence-electron chi connectivity index (χ2n) is 8.97. The molecule has 1 saturated heterocycles. The van der Waals surface area contributed by atoms with Gasteiger partial charge in [-0.3, -0.25) is 9.36 Å². The number of amides is 1. The number of nitrogens with one attached hydrogen (secondary N) is 1. The Morgan fingerprint density at radius 3 is 2.47 bits per heavy atom. The number of imidazole rings is 1. The Bertz CT molecular complexity index is 1450. The quantitative estimate of drug-likeness (QED) is 0.192. The number of benzene rings is 1. The van der Waals surface area contributed by atoms with E-state index in [0.29, 0.717) is 5.69 Å². The van der Waals surface area contributed by atoms with E-state index in [4.69, 9.17) is 26.8 Å². The average Bonchev–Trinajstić information content (AvgIpc) is 3.09.